The van der Waals surface area contributed by atoms with Gasteiger partial charge < -0.3 is 5.11 Å². The Labute approximate surface area is 172 Å². The van der Waals surface area contributed by atoms with E-state index in [-0.39, 0.29) is 5.91 Å². The van der Waals surface area contributed by atoms with Gasteiger partial charge in [0, 0.05) is 12.6 Å². The van der Waals surface area contributed by atoms with Gasteiger partial charge in [-0.2, -0.15) is 0 Å². The highest BCUT2D eigenvalue weighted by molar-refractivity contribution is 8.18. The smallest absolute Gasteiger partial charge is 0.311 e. The molecule has 0 unspecified atom stereocenters. The molecule has 0 saturated carbocycles. The highest BCUT2D eigenvalue weighted by Gasteiger charge is 2.33. The second-order valence-corrected chi connectivity index (χ2v) is 7.67. The molecule has 1 fully saturated rings. The molecule has 0 spiro atoms. The number of amides is 1. The summed E-state index contributed by atoms with van der Waals surface area (Å²) in [4.78, 5) is 30.0. The van der Waals surface area contributed by atoms with Crippen molar-refractivity contribution in [3.63, 3.8) is 0 Å². The Kier molecular flexibility index (Phi) is 6.33. The largest absolute Gasteiger partial charge is 0.502 e. The minimum Gasteiger partial charge on any atom is -0.502 e. The maximum Gasteiger partial charge on any atom is 0.311 e. The third-order valence-corrected chi connectivity index (χ3v) is 5.38. The fourth-order valence-corrected chi connectivity index (χ4v) is 3.79. The molecule has 0 radical (unpaired) electrons. The second kappa shape index (κ2) is 8.91. The Morgan fingerprint density at radius 3 is 2.62 bits per heavy atom. The van der Waals surface area contributed by atoms with Gasteiger partial charge >= 0.3 is 5.69 Å². The summed E-state index contributed by atoms with van der Waals surface area (Å²) in [5.41, 5.74) is 1.96. The van der Waals surface area contributed by atoms with Crippen molar-refractivity contribution >= 4 is 40.3 Å². The highest BCUT2D eigenvalue weighted by atomic mass is 32.2. The maximum absolute atomic E-state index is 12.9. The average molecular weight is 411 g/mol. The molecule has 1 aliphatic heterocycles. The molecule has 29 heavy (non-hydrogen) atoms. The molecule has 1 N–H and O–H groups in total. The Bertz CT molecular complexity index is 999. The number of nitro groups is 1. The molecule has 1 saturated heterocycles. The summed E-state index contributed by atoms with van der Waals surface area (Å²) < 4.78 is 0. The fourth-order valence-electron chi connectivity index (χ4n) is 2.76. The predicted molar refractivity (Wildman–Crippen MR) is 115 cm³/mol. The number of amidine groups is 1. The summed E-state index contributed by atoms with van der Waals surface area (Å²) in [6.07, 6.45) is 3.38. The zero-order valence-electron chi connectivity index (χ0n) is 16.2. The SMILES string of the molecule is CCCCN1C(=O)/C(=C\c2ccc(O)c([N+](=O)[O-])c2)SC1=Nc1ccc(C)cc1. The van der Waals surface area contributed by atoms with Crippen molar-refractivity contribution in [2.75, 3.05) is 6.54 Å². The fraction of sp³-hybridized carbons (Fsp3) is 0.238. The van der Waals surface area contributed by atoms with E-state index in [2.05, 4.69) is 11.9 Å². The van der Waals surface area contributed by atoms with E-state index in [1.165, 1.54) is 30.0 Å². The summed E-state index contributed by atoms with van der Waals surface area (Å²) >= 11 is 1.24. The Hall–Kier alpha value is -3.13. The number of unbranched alkanes of at least 4 members (excludes halogenated alkanes) is 1. The number of hydrogen-bond donors (Lipinski definition) is 1. The van der Waals surface area contributed by atoms with E-state index in [1.54, 1.807) is 11.0 Å². The van der Waals surface area contributed by atoms with Gasteiger partial charge in [-0.25, -0.2) is 4.99 Å². The number of phenols is 1. The Morgan fingerprint density at radius 2 is 1.97 bits per heavy atom. The van der Waals surface area contributed by atoms with Gasteiger partial charge in [-0.1, -0.05) is 37.1 Å². The van der Waals surface area contributed by atoms with E-state index in [0.717, 1.165) is 24.1 Å². The summed E-state index contributed by atoms with van der Waals surface area (Å²) in [6, 6.07) is 11.8. The molecule has 1 amide bonds. The first-order valence-corrected chi connectivity index (χ1v) is 10.0. The number of hydrogen-bond acceptors (Lipinski definition) is 6. The first kappa shape index (κ1) is 20.6. The molecular formula is C21H21N3O4S. The van der Waals surface area contributed by atoms with Gasteiger partial charge in [0.1, 0.15) is 0 Å². The number of phenolic OH excluding ortho intramolecular Hbond substituents is 1. The molecule has 8 heteroatoms. The Morgan fingerprint density at radius 1 is 1.24 bits per heavy atom. The quantitative estimate of drug-likeness (QED) is 0.409. The van der Waals surface area contributed by atoms with Gasteiger partial charge in [0.2, 0.25) is 0 Å². The predicted octanol–water partition coefficient (Wildman–Crippen LogP) is 5.01. The molecule has 150 valence electrons. The third-order valence-electron chi connectivity index (χ3n) is 4.38. The number of carbonyl (C=O) groups excluding carboxylic acids is 1. The van der Waals surface area contributed by atoms with Crippen LogP contribution in [-0.4, -0.2) is 32.5 Å². The summed E-state index contributed by atoms with van der Waals surface area (Å²) in [6.45, 7) is 4.60. The van der Waals surface area contributed by atoms with Crippen LogP contribution in [0.4, 0.5) is 11.4 Å². The van der Waals surface area contributed by atoms with Crippen molar-refractivity contribution in [1.82, 2.24) is 4.90 Å². The van der Waals surface area contributed by atoms with Gasteiger partial charge in [-0.15, -0.1) is 0 Å². The maximum atomic E-state index is 12.9. The van der Waals surface area contributed by atoms with E-state index in [9.17, 15) is 20.0 Å². The minimum atomic E-state index is -0.654. The number of aryl methyl sites for hydroxylation is 1. The summed E-state index contributed by atoms with van der Waals surface area (Å²) in [5.74, 6) is -0.584. The van der Waals surface area contributed by atoms with Gasteiger partial charge in [0.25, 0.3) is 5.91 Å². The van der Waals surface area contributed by atoms with E-state index in [0.29, 0.717) is 22.2 Å². The standard InChI is InChI=1S/C21H21N3O4S/c1-3-4-11-23-20(26)19(13-15-7-10-18(25)17(12-15)24(27)28)29-21(23)22-16-8-5-14(2)6-9-16/h5-10,12-13,25H,3-4,11H2,1-2H3/b19-13+,22-21?. The second-order valence-electron chi connectivity index (χ2n) is 6.66. The average Bonchev–Trinajstić information content (AvgIpc) is 2.97. The van der Waals surface area contributed by atoms with Gasteiger partial charge in [0.15, 0.2) is 10.9 Å². The lowest BCUT2D eigenvalue weighted by Crippen LogP contribution is -2.30. The van der Waals surface area contributed by atoms with Crippen LogP contribution in [0.25, 0.3) is 6.08 Å². The molecule has 2 aromatic carbocycles. The molecule has 3 rings (SSSR count). The van der Waals surface area contributed by atoms with Crippen LogP contribution in [0.5, 0.6) is 5.75 Å². The van der Waals surface area contributed by atoms with Crippen LogP contribution in [0, 0.1) is 17.0 Å². The number of thioether (sulfide) groups is 1. The van der Waals surface area contributed by atoms with Crippen LogP contribution in [0.2, 0.25) is 0 Å². The molecule has 0 aromatic heterocycles. The number of nitrogens with zero attached hydrogens (tertiary/aromatic N) is 3. The van der Waals surface area contributed by atoms with Crippen molar-refractivity contribution < 1.29 is 14.8 Å². The zero-order valence-corrected chi connectivity index (χ0v) is 17.0. The monoisotopic (exact) mass is 411 g/mol. The van der Waals surface area contributed by atoms with Crippen LogP contribution in [0.15, 0.2) is 52.4 Å². The molecule has 1 heterocycles. The van der Waals surface area contributed by atoms with E-state index >= 15 is 0 Å². The number of aliphatic imine (C=N–C) groups is 1. The summed E-state index contributed by atoms with van der Waals surface area (Å²) in [7, 11) is 0. The number of benzene rings is 2. The van der Waals surface area contributed by atoms with Gasteiger partial charge in [-0.05, 0) is 54.9 Å². The molecule has 2 aromatic rings. The van der Waals surface area contributed by atoms with E-state index < -0.39 is 16.4 Å². The highest BCUT2D eigenvalue weighted by Crippen LogP contribution is 2.35. The number of aromatic hydroxyl groups is 1. The molecule has 7 nitrogen and oxygen atoms in total. The molecule has 0 atom stereocenters. The van der Waals surface area contributed by atoms with E-state index in [1.807, 2.05) is 31.2 Å². The lowest BCUT2D eigenvalue weighted by molar-refractivity contribution is -0.385. The summed E-state index contributed by atoms with van der Waals surface area (Å²) in [5, 5.41) is 21.3. The van der Waals surface area contributed by atoms with Crippen molar-refractivity contribution in [1.29, 1.82) is 0 Å². The van der Waals surface area contributed by atoms with Crippen molar-refractivity contribution in [3.05, 3.63) is 68.6 Å². The normalized spacial score (nSPS) is 16.8. The van der Waals surface area contributed by atoms with Gasteiger partial charge in [-0.3, -0.25) is 19.8 Å². The van der Waals surface area contributed by atoms with Crippen LogP contribution in [-0.2, 0) is 4.79 Å². The molecule has 1 aliphatic rings. The van der Waals surface area contributed by atoms with Crippen LogP contribution in [0.3, 0.4) is 0 Å². The first-order chi connectivity index (χ1) is 13.9. The van der Waals surface area contributed by atoms with Crippen molar-refractivity contribution in [2.45, 2.75) is 26.7 Å². The number of rotatable bonds is 6. The van der Waals surface area contributed by atoms with Crippen molar-refractivity contribution in [3.8, 4) is 5.75 Å². The molecular weight excluding hydrogens is 390 g/mol. The third kappa shape index (κ3) is 4.83. The van der Waals surface area contributed by atoms with Crippen LogP contribution in [0.1, 0.15) is 30.9 Å². The minimum absolute atomic E-state index is 0.176. The van der Waals surface area contributed by atoms with Crippen LogP contribution >= 0.6 is 11.8 Å². The van der Waals surface area contributed by atoms with E-state index in [4.69, 9.17) is 0 Å². The van der Waals surface area contributed by atoms with Gasteiger partial charge in [0.05, 0.1) is 15.5 Å². The van der Waals surface area contributed by atoms with Crippen LogP contribution < -0.4 is 0 Å². The Balaban J connectivity index is 1.95. The molecule has 0 bridgehead atoms. The lowest BCUT2D eigenvalue weighted by atomic mass is 10.1. The zero-order chi connectivity index (χ0) is 21.0. The molecule has 0 aliphatic carbocycles. The number of carbonyl (C=O) groups is 1. The topological polar surface area (TPSA) is 96.0 Å². The lowest BCUT2D eigenvalue weighted by Gasteiger charge is -2.14. The number of nitro benzene ring substituents is 1. The van der Waals surface area contributed by atoms with Crippen molar-refractivity contribution in [2.24, 2.45) is 4.99 Å². The first-order valence-electron chi connectivity index (χ1n) is 9.23.